The van der Waals surface area contributed by atoms with Crippen LogP contribution in [0.1, 0.15) is 11.1 Å². The second-order valence-electron chi connectivity index (χ2n) is 14.3. The lowest BCUT2D eigenvalue weighted by atomic mass is 9.86. The summed E-state index contributed by atoms with van der Waals surface area (Å²) in [6.07, 6.45) is 0. The molecule has 0 aliphatic carbocycles. The van der Waals surface area contributed by atoms with Gasteiger partial charge in [0.2, 0.25) is 0 Å². The van der Waals surface area contributed by atoms with E-state index in [1.54, 1.807) is 0 Å². The SMILES string of the molecule is Cc1cccc(N(c2cccc(C)c2)c2ccc(-c3cc4c5ccccc5c(-c5cccc6ccccc56)cc4c4ccccc34)c3ccccc23)c1. The van der Waals surface area contributed by atoms with E-state index in [1.165, 1.54) is 87.2 Å². The van der Waals surface area contributed by atoms with Crippen molar-refractivity contribution >= 4 is 70.9 Å². The van der Waals surface area contributed by atoms with Crippen LogP contribution >= 0.6 is 0 Å². The van der Waals surface area contributed by atoms with Crippen molar-refractivity contribution in [1.29, 1.82) is 0 Å². The Morgan fingerprint density at radius 2 is 0.717 bits per heavy atom. The number of anilines is 3. The number of fused-ring (bicyclic) bond motifs is 7. The second kappa shape index (κ2) is 12.5. The number of rotatable bonds is 5. The topological polar surface area (TPSA) is 3.24 Å². The van der Waals surface area contributed by atoms with Crippen LogP contribution < -0.4 is 4.90 Å². The molecule has 0 amide bonds. The molecule has 1 nitrogen and oxygen atoms in total. The van der Waals surface area contributed by atoms with E-state index in [0.29, 0.717) is 0 Å². The molecule has 1 heteroatoms. The molecule has 53 heavy (non-hydrogen) atoms. The molecule has 0 unspecified atom stereocenters. The van der Waals surface area contributed by atoms with E-state index in [0.717, 1.165) is 17.1 Å². The van der Waals surface area contributed by atoms with Crippen LogP contribution in [0.4, 0.5) is 17.1 Å². The molecule has 10 aromatic rings. The molecule has 0 aliphatic heterocycles. The van der Waals surface area contributed by atoms with Crippen molar-refractivity contribution in [3.05, 3.63) is 199 Å². The van der Waals surface area contributed by atoms with Crippen molar-refractivity contribution in [3.63, 3.8) is 0 Å². The van der Waals surface area contributed by atoms with Gasteiger partial charge in [0.25, 0.3) is 0 Å². The fourth-order valence-electron chi connectivity index (χ4n) is 8.53. The third-order valence-corrected chi connectivity index (χ3v) is 10.9. The summed E-state index contributed by atoms with van der Waals surface area (Å²) < 4.78 is 0. The van der Waals surface area contributed by atoms with Gasteiger partial charge in [-0.05, 0) is 138 Å². The molecular weight excluding hydrogens is 639 g/mol. The van der Waals surface area contributed by atoms with Gasteiger partial charge < -0.3 is 4.90 Å². The molecule has 0 spiro atoms. The third-order valence-electron chi connectivity index (χ3n) is 10.9. The fraction of sp³-hybridized carbons (Fsp3) is 0.0385. The number of hydrogen-bond donors (Lipinski definition) is 0. The van der Waals surface area contributed by atoms with Crippen LogP contribution in [0.5, 0.6) is 0 Å². The van der Waals surface area contributed by atoms with Crippen molar-refractivity contribution in [2.45, 2.75) is 13.8 Å². The molecule has 0 saturated heterocycles. The maximum Gasteiger partial charge on any atom is 0.0540 e. The molecule has 0 saturated carbocycles. The van der Waals surface area contributed by atoms with Gasteiger partial charge in [-0.3, -0.25) is 0 Å². The summed E-state index contributed by atoms with van der Waals surface area (Å²) in [6, 6.07) is 69.4. The number of benzene rings is 10. The van der Waals surface area contributed by atoms with E-state index in [2.05, 4.69) is 207 Å². The average molecular weight is 676 g/mol. The van der Waals surface area contributed by atoms with Crippen molar-refractivity contribution in [2.24, 2.45) is 0 Å². The van der Waals surface area contributed by atoms with Gasteiger partial charge in [-0.1, -0.05) is 146 Å². The number of nitrogens with zero attached hydrogens (tertiary/aromatic N) is 1. The highest BCUT2D eigenvalue weighted by molar-refractivity contribution is 6.25. The highest BCUT2D eigenvalue weighted by Gasteiger charge is 2.20. The Balaban J connectivity index is 1.25. The van der Waals surface area contributed by atoms with E-state index in [-0.39, 0.29) is 0 Å². The summed E-state index contributed by atoms with van der Waals surface area (Å²) in [7, 11) is 0. The van der Waals surface area contributed by atoms with Crippen molar-refractivity contribution < 1.29 is 0 Å². The molecule has 0 N–H and O–H groups in total. The quantitative estimate of drug-likeness (QED) is 0.164. The van der Waals surface area contributed by atoms with E-state index in [4.69, 9.17) is 0 Å². The van der Waals surface area contributed by atoms with E-state index in [9.17, 15) is 0 Å². The highest BCUT2D eigenvalue weighted by atomic mass is 15.1. The van der Waals surface area contributed by atoms with Crippen LogP contribution in [0.15, 0.2) is 188 Å². The van der Waals surface area contributed by atoms with E-state index in [1.807, 2.05) is 0 Å². The van der Waals surface area contributed by atoms with E-state index < -0.39 is 0 Å². The van der Waals surface area contributed by atoms with Crippen LogP contribution in [0.25, 0.3) is 76.1 Å². The first-order chi connectivity index (χ1) is 26.1. The van der Waals surface area contributed by atoms with Gasteiger partial charge in [0.15, 0.2) is 0 Å². The molecule has 0 atom stereocenters. The van der Waals surface area contributed by atoms with Gasteiger partial charge in [0, 0.05) is 16.8 Å². The Morgan fingerprint density at radius 1 is 0.283 bits per heavy atom. The van der Waals surface area contributed by atoms with Gasteiger partial charge in [-0.15, -0.1) is 0 Å². The third kappa shape index (κ3) is 5.16. The zero-order valence-corrected chi connectivity index (χ0v) is 29.8. The Labute approximate surface area is 310 Å². The maximum atomic E-state index is 2.45. The second-order valence-corrected chi connectivity index (χ2v) is 14.3. The molecule has 250 valence electrons. The van der Waals surface area contributed by atoms with Gasteiger partial charge in [0.1, 0.15) is 0 Å². The predicted octanol–water partition coefficient (Wildman–Crippen LogP) is 14.9. The molecule has 0 aromatic heterocycles. The van der Waals surface area contributed by atoms with Gasteiger partial charge in [0.05, 0.1) is 5.69 Å². The minimum absolute atomic E-state index is 1.15. The zero-order chi connectivity index (χ0) is 35.5. The molecular formula is C52H37N. The average Bonchev–Trinajstić information content (AvgIpc) is 3.20. The molecule has 0 radical (unpaired) electrons. The largest absolute Gasteiger partial charge is 0.310 e. The van der Waals surface area contributed by atoms with E-state index >= 15 is 0 Å². The maximum absolute atomic E-state index is 2.45. The lowest BCUT2D eigenvalue weighted by Gasteiger charge is -2.28. The van der Waals surface area contributed by atoms with Crippen molar-refractivity contribution in [1.82, 2.24) is 0 Å². The molecule has 0 bridgehead atoms. The molecule has 0 fully saturated rings. The predicted molar refractivity (Wildman–Crippen MR) is 229 cm³/mol. The van der Waals surface area contributed by atoms with Crippen LogP contribution in [-0.2, 0) is 0 Å². The van der Waals surface area contributed by atoms with Crippen molar-refractivity contribution in [2.75, 3.05) is 4.90 Å². The van der Waals surface area contributed by atoms with Crippen LogP contribution in [0.3, 0.4) is 0 Å². The highest BCUT2D eigenvalue weighted by Crippen LogP contribution is 2.46. The Morgan fingerprint density at radius 3 is 1.28 bits per heavy atom. The summed E-state index contributed by atoms with van der Waals surface area (Å²) in [6.45, 7) is 4.33. The zero-order valence-electron chi connectivity index (χ0n) is 29.8. The lowest BCUT2D eigenvalue weighted by Crippen LogP contribution is -2.11. The first-order valence-corrected chi connectivity index (χ1v) is 18.4. The Bertz CT molecular complexity index is 2990. The monoisotopic (exact) mass is 675 g/mol. The summed E-state index contributed by atoms with van der Waals surface area (Å²) in [5, 5.41) is 12.6. The van der Waals surface area contributed by atoms with Crippen LogP contribution in [0, 0.1) is 13.8 Å². The standard InChI is InChI=1S/C52H37N/c1-34-14-11-18-37(30-34)53(38-19-12-15-35(2)31-38)52-29-28-46(41-21-9-10-26-47(41)52)49-33-51-44-24-7-5-22-42(44)48(32-50(51)45-25-8-6-23-43(45)49)40-27-13-17-36-16-3-4-20-39(36)40/h3-33H,1-2H3. The van der Waals surface area contributed by atoms with Crippen LogP contribution in [-0.4, -0.2) is 0 Å². The fourth-order valence-corrected chi connectivity index (χ4v) is 8.53. The minimum atomic E-state index is 1.15. The molecule has 0 heterocycles. The Hall–Kier alpha value is -6.70. The van der Waals surface area contributed by atoms with Crippen molar-refractivity contribution in [3.8, 4) is 22.3 Å². The lowest BCUT2D eigenvalue weighted by molar-refractivity contribution is 1.27. The van der Waals surface area contributed by atoms with Gasteiger partial charge >= 0.3 is 0 Å². The molecule has 0 aliphatic rings. The Kier molecular flexibility index (Phi) is 7.33. The summed E-state index contributed by atoms with van der Waals surface area (Å²) in [5.41, 5.74) is 11.0. The van der Waals surface area contributed by atoms with Crippen LogP contribution in [0.2, 0.25) is 0 Å². The molecule has 10 rings (SSSR count). The van der Waals surface area contributed by atoms with Gasteiger partial charge in [-0.2, -0.15) is 0 Å². The van der Waals surface area contributed by atoms with Gasteiger partial charge in [-0.25, -0.2) is 0 Å². The summed E-state index contributed by atoms with van der Waals surface area (Å²) in [4.78, 5) is 2.41. The first kappa shape index (κ1) is 31.1. The molecule has 10 aromatic carbocycles. The number of aryl methyl sites for hydroxylation is 2. The summed E-state index contributed by atoms with van der Waals surface area (Å²) in [5.74, 6) is 0. The normalized spacial score (nSPS) is 11.6. The minimum Gasteiger partial charge on any atom is -0.310 e. The summed E-state index contributed by atoms with van der Waals surface area (Å²) >= 11 is 0. The smallest absolute Gasteiger partial charge is 0.0540 e. The first-order valence-electron chi connectivity index (χ1n) is 18.4. The number of hydrogen-bond acceptors (Lipinski definition) is 1.